The Balaban J connectivity index is 1.82. The lowest BCUT2D eigenvalue weighted by Gasteiger charge is -2.09. The third kappa shape index (κ3) is 5.05. The highest BCUT2D eigenvalue weighted by Gasteiger charge is 2.05. The number of hydrogen-bond donors (Lipinski definition) is 2. The van der Waals surface area contributed by atoms with Gasteiger partial charge in [-0.25, -0.2) is 0 Å². The zero-order valence-electron chi connectivity index (χ0n) is 12.0. The van der Waals surface area contributed by atoms with Gasteiger partial charge in [-0.2, -0.15) is 8.78 Å². The molecule has 0 spiro atoms. The summed E-state index contributed by atoms with van der Waals surface area (Å²) in [6.07, 6.45) is 0. The van der Waals surface area contributed by atoms with Crippen LogP contribution < -0.4 is 15.4 Å². The van der Waals surface area contributed by atoms with Gasteiger partial charge in [-0.3, -0.25) is 4.79 Å². The molecule has 0 fully saturated rings. The van der Waals surface area contributed by atoms with Crippen molar-refractivity contribution in [1.29, 1.82) is 0 Å². The normalized spacial score (nSPS) is 10.4. The molecule has 0 heterocycles. The molecule has 0 atom stereocenters. The molecule has 0 saturated carbocycles. The number of halogens is 2. The van der Waals surface area contributed by atoms with E-state index in [2.05, 4.69) is 15.4 Å². The molecule has 0 aromatic heterocycles. The van der Waals surface area contributed by atoms with Crippen LogP contribution in [0.15, 0.2) is 48.5 Å². The van der Waals surface area contributed by atoms with Gasteiger partial charge in [0.15, 0.2) is 0 Å². The molecule has 0 radical (unpaired) electrons. The average Bonchev–Trinajstić information content (AvgIpc) is 2.48. The number of alkyl halides is 2. The van der Waals surface area contributed by atoms with E-state index >= 15 is 0 Å². The molecule has 2 aromatic carbocycles. The average molecular weight is 306 g/mol. The summed E-state index contributed by atoms with van der Waals surface area (Å²) in [7, 11) is 0. The fraction of sp³-hybridized carbons (Fsp3) is 0.188. The zero-order chi connectivity index (χ0) is 15.9. The van der Waals surface area contributed by atoms with Gasteiger partial charge >= 0.3 is 6.61 Å². The molecule has 0 saturated heterocycles. The fourth-order valence-corrected chi connectivity index (χ4v) is 1.78. The Kier molecular flexibility index (Phi) is 5.30. The van der Waals surface area contributed by atoms with E-state index in [1.54, 1.807) is 0 Å². The molecule has 1 amide bonds. The van der Waals surface area contributed by atoms with E-state index in [-0.39, 0.29) is 18.2 Å². The van der Waals surface area contributed by atoms with Crippen LogP contribution in [0.4, 0.5) is 20.2 Å². The Labute approximate surface area is 127 Å². The van der Waals surface area contributed by atoms with Crippen molar-refractivity contribution in [2.75, 3.05) is 17.2 Å². The summed E-state index contributed by atoms with van der Waals surface area (Å²) < 4.78 is 28.3. The lowest BCUT2D eigenvalue weighted by molar-refractivity contribution is -0.114. The van der Waals surface area contributed by atoms with E-state index in [9.17, 15) is 13.6 Å². The van der Waals surface area contributed by atoms with Gasteiger partial charge in [0.05, 0.1) is 6.54 Å². The third-order valence-corrected chi connectivity index (χ3v) is 2.87. The number of nitrogens with one attached hydrogen (secondary N) is 2. The Bertz CT molecular complexity index is 613. The van der Waals surface area contributed by atoms with Gasteiger partial charge in [0.1, 0.15) is 5.75 Å². The molecule has 0 unspecified atom stereocenters. The largest absolute Gasteiger partial charge is 0.435 e. The summed E-state index contributed by atoms with van der Waals surface area (Å²) in [5.41, 5.74) is 2.50. The first-order valence-electron chi connectivity index (χ1n) is 6.68. The van der Waals surface area contributed by atoms with Gasteiger partial charge in [0.2, 0.25) is 5.91 Å². The topological polar surface area (TPSA) is 50.4 Å². The van der Waals surface area contributed by atoms with Crippen LogP contribution in [0.25, 0.3) is 0 Å². The van der Waals surface area contributed by atoms with Crippen molar-refractivity contribution in [1.82, 2.24) is 0 Å². The summed E-state index contributed by atoms with van der Waals surface area (Å²) >= 11 is 0. The van der Waals surface area contributed by atoms with E-state index in [0.717, 1.165) is 11.3 Å². The van der Waals surface area contributed by atoms with E-state index in [0.29, 0.717) is 5.69 Å². The number of ether oxygens (including phenoxy) is 1. The molecule has 6 heteroatoms. The highest BCUT2D eigenvalue weighted by molar-refractivity contribution is 5.93. The Morgan fingerprint density at radius 3 is 2.23 bits per heavy atom. The van der Waals surface area contributed by atoms with Crippen LogP contribution in [0.5, 0.6) is 5.75 Å². The smallest absolute Gasteiger partial charge is 0.387 e. The summed E-state index contributed by atoms with van der Waals surface area (Å²) in [5.74, 6) is -0.186. The second kappa shape index (κ2) is 7.40. The lowest BCUT2D eigenvalue weighted by Crippen LogP contribution is -2.21. The molecule has 0 aliphatic carbocycles. The highest BCUT2D eigenvalue weighted by atomic mass is 19.3. The molecular formula is C16H16F2N2O2. The van der Waals surface area contributed by atoms with Crippen LogP contribution >= 0.6 is 0 Å². The number of aryl methyl sites for hydroxylation is 1. The first-order valence-corrected chi connectivity index (χ1v) is 6.68. The molecule has 2 rings (SSSR count). The Hall–Kier alpha value is -2.63. The summed E-state index contributed by atoms with van der Waals surface area (Å²) in [4.78, 5) is 11.8. The molecule has 116 valence electrons. The second-order valence-electron chi connectivity index (χ2n) is 4.67. The minimum atomic E-state index is -2.86. The van der Waals surface area contributed by atoms with Gasteiger partial charge < -0.3 is 15.4 Å². The van der Waals surface area contributed by atoms with Crippen LogP contribution in [-0.4, -0.2) is 19.1 Å². The molecule has 0 aliphatic heterocycles. The Morgan fingerprint density at radius 1 is 1.05 bits per heavy atom. The maximum atomic E-state index is 12.0. The fourth-order valence-electron chi connectivity index (χ4n) is 1.78. The van der Waals surface area contributed by atoms with Gasteiger partial charge in [-0.15, -0.1) is 0 Å². The number of rotatable bonds is 6. The predicted molar refractivity (Wildman–Crippen MR) is 81.4 cm³/mol. The van der Waals surface area contributed by atoms with Crippen molar-refractivity contribution in [3.8, 4) is 5.75 Å². The minimum absolute atomic E-state index is 0.0470. The minimum Gasteiger partial charge on any atom is -0.435 e. The molecule has 4 nitrogen and oxygen atoms in total. The quantitative estimate of drug-likeness (QED) is 0.856. The van der Waals surface area contributed by atoms with Crippen LogP contribution in [-0.2, 0) is 4.79 Å². The molecule has 0 bridgehead atoms. The van der Waals surface area contributed by atoms with Crippen molar-refractivity contribution in [3.63, 3.8) is 0 Å². The summed E-state index contributed by atoms with van der Waals surface area (Å²) in [6, 6.07) is 13.4. The van der Waals surface area contributed by atoms with Crippen molar-refractivity contribution in [2.24, 2.45) is 0 Å². The van der Waals surface area contributed by atoms with Crippen molar-refractivity contribution in [2.45, 2.75) is 13.5 Å². The van der Waals surface area contributed by atoms with E-state index in [1.807, 2.05) is 31.2 Å². The summed E-state index contributed by atoms with van der Waals surface area (Å²) in [5, 5.41) is 5.65. The zero-order valence-corrected chi connectivity index (χ0v) is 12.0. The number of carbonyl (C=O) groups is 1. The number of carbonyl (C=O) groups excluding carboxylic acids is 1. The number of hydrogen-bond acceptors (Lipinski definition) is 3. The molecule has 2 N–H and O–H groups in total. The molecular weight excluding hydrogens is 290 g/mol. The number of amides is 1. The monoisotopic (exact) mass is 306 g/mol. The van der Waals surface area contributed by atoms with Crippen LogP contribution in [0.1, 0.15) is 5.56 Å². The summed E-state index contributed by atoms with van der Waals surface area (Å²) in [6.45, 7) is -0.768. The molecule has 2 aromatic rings. The molecule has 0 aliphatic rings. The second-order valence-corrected chi connectivity index (χ2v) is 4.67. The maximum Gasteiger partial charge on any atom is 0.387 e. The van der Waals surface area contributed by atoms with Gasteiger partial charge in [0.25, 0.3) is 0 Å². The van der Waals surface area contributed by atoms with Crippen molar-refractivity contribution < 1.29 is 18.3 Å². The lowest BCUT2D eigenvalue weighted by atomic mass is 10.2. The third-order valence-electron chi connectivity index (χ3n) is 2.87. The number of benzene rings is 2. The van der Waals surface area contributed by atoms with Crippen LogP contribution in [0, 0.1) is 6.92 Å². The van der Waals surface area contributed by atoms with Crippen molar-refractivity contribution >= 4 is 17.3 Å². The van der Waals surface area contributed by atoms with E-state index in [1.165, 1.54) is 24.3 Å². The van der Waals surface area contributed by atoms with E-state index < -0.39 is 6.61 Å². The van der Waals surface area contributed by atoms with Crippen LogP contribution in [0.2, 0.25) is 0 Å². The van der Waals surface area contributed by atoms with Gasteiger partial charge in [-0.1, -0.05) is 17.7 Å². The molecule has 22 heavy (non-hydrogen) atoms. The van der Waals surface area contributed by atoms with E-state index in [4.69, 9.17) is 0 Å². The standard InChI is InChI=1S/C16H16F2N2O2/c1-11-2-4-12(5-3-11)19-10-15(21)20-13-6-8-14(9-7-13)22-16(17)18/h2-9,16,19H,10H2,1H3,(H,20,21). The van der Waals surface area contributed by atoms with Crippen molar-refractivity contribution in [3.05, 3.63) is 54.1 Å². The Morgan fingerprint density at radius 2 is 1.64 bits per heavy atom. The van der Waals surface area contributed by atoms with Gasteiger partial charge in [-0.05, 0) is 43.3 Å². The van der Waals surface area contributed by atoms with Gasteiger partial charge in [0, 0.05) is 11.4 Å². The first kappa shape index (κ1) is 15.8. The first-order chi connectivity index (χ1) is 10.5. The maximum absolute atomic E-state index is 12.0. The van der Waals surface area contributed by atoms with Crippen LogP contribution in [0.3, 0.4) is 0 Å². The SMILES string of the molecule is Cc1ccc(NCC(=O)Nc2ccc(OC(F)F)cc2)cc1. The predicted octanol–water partition coefficient (Wildman–Crippen LogP) is 3.65. The number of anilines is 2. The highest BCUT2D eigenvalue weighted by Crippen LogP contribution is 2.17.